The van der Waals surface area contributed by atoms with E-state index in [1.165, 1.54) is 11.0 Å². The minimum atomic E-state index is -0.351. The number of benzene rings is 2. The highest BCUT2D eigenvalue weighted by Crippen LogP contribution is 2.25. The van der Waals surface area contributed by atoms with E-state index in [1.807, 2.05) is 13.0 Å². The number of carbonyl (C=O) groups excluding carboxylic acids is 1. The van der Waals surface area contributed by atoms with Crippen LogP contribution in [0.25, 0.3) is 0 Å². The Hall–Kier alpha value is -1.20. The molecule has 0 saturated heterocycles. The molecule has 1 unspecified atom stereocenters. The van der Waals surface area contributed by atoms with Gasteiger partial charge in [-0.05, 0) is 31.2 Å². The van der Waals surface area contributed by atoms with E-state index in [0.717, 1.165) is 8.95 Å². The topological polar surface area (TPSA) is 20.3 Å². The fraction of sp³-hybridized carbons (Fsp3) is 0.188. The van der Waals surface area contributed by atoms with Gasteiger partial charge in [-0.1, -0.05) is 50.1 Å². The maximum atomic E-state index is 13.8. The van der Waals surface area contributed by atoms with Crippen LogP contribution in [0.15, 0.2) is 51.4 Å². The number of halogens is 3. The number of nitrogens with zero attached hydrogens (tertiary/aromatic N) is 1. The molecule has 2 aromatic rings. The zero-order chi connectivity index (χ0) is 15.6. The molecule has 0 spiro atoms. The Labute approximate surface area is 140 Å². The van der Waals surface area contributed by atoms with E-state index in [2.05, 4.69) is 31.9 Å². The van der Waals surface area contributed by atoms with Crippen LogP contribution in [-0.2, 0) is 0 Å². The largest absolute Gasteiger partial charge is 0.335 e. The summed E-state index contributed by atoms with van der Waals surface area (Å²) < 4.78 is 15.5. The van der Waals surface area contributed by atoms with Crippen LogP contribution in [0.1, 0.15) is 28.9 Å². The van der Waals surface area contributed by atoms with Crippen LogP contribution in [0.4, 0.5) is 4.39 Å². The lowest BCUT2D eigenvalue weighted by Gasteiger charge is -2.26. The molecule has 2 rings (SSSR count). The van der Waals surface area contributed by atoms with Gasteiger partial charge in [0.1, 0.15) is 5.82 Å². The van der Waals surface area contributed by atoms with Gasteiger partial charge in [0.2, 0.25) is 0 Å². The third-order valence-electron chi connectivity index (χ3n) is 3.37. The molecular formula is C16H14Br2FNO. The first-order valence-corrected chi connectivity index (χ1v) is 7.96. The summed E-state index contributed by atoms with van der Waals surface area (Å²) in [5.41, 5.74) is 1.05. The predicted molar refractivity (Wildman–Crippen MR) is 88.8 cm³/mol. The Balaban J connectivity index is 2.28. The van der Waals surface area contributed by atoms with E-state index in [4.69, 9.17) is 0 Å². The van der Waals surface area contributed by atoms with E-state index in [1.54, 1.807) is 37.4 Å². The standard InChI is InChI=1S/C16H14Br2FNO/c1-10(14-5-3-4-6-15(14)19)20(2)16(21)11-7-12(17)9-13(18)8-11/h3-10H,1-2H3. The van der Waals surface area contributed by atoms with Crippen LogP contribution in [0.5, 0.6) is 0 Å². The van der Waals surface area contributed by atoms with Gasteiger partial charge in [0.25, 0.3) is 5.91 Å². The van der Waals surface area contributed by atoms with Crippen LogP contribution in [0.3, 0.4) is 0 Å². The fourth-order valence-corrected chi connectivity index (χ4v) is 3.37. The van der Waals surface area contributed by atoms with Crippen LogP contribution >= 0.6 is 31.9 Å². The number of hydrogen-bond donors (Lipinski definition) is 0. The predicted octanol–water partition coefficient (Wildman–Crippen LogP) is 5.18. The maximum Gasteiger partial charge on any atom is 0.254 e. The molecule has 5 heteroatoms. The Morgan fingerprint density at radius 1 is 1.14 bits per heavy atom. The summed E-state index contributed by atoms with van der Waals surface area (Å²) in [6.07, 6.45) is 0. The Morgan fingerprint density at radius 2 is 1.71 bits per heavy atom. The first-order chi connectivity index (χ1) is 9.90. The molecule has 0 radical (unpaired) electrons. The minimum Gasteiger partial charge on any atom is -0.335 e. The third kappa shape index (κ3) is 3.71. The summed E-state index contributed by atoms with van der Waals surface area (Å²) in [7, 11) is 1.67. The van der Waals surface area contributed by atoms with Gasteiger partial charge in [-0.15, -0.1) is 0 Å². The molecule has 0 aromatic heterocycles. The SMILES string of the molecule is CC(c1ccccc1F)N(C)C(=O)c1cc(Br)cc(Br)c1. The first kappa shape index (κ1) is 16.2. The molecule has 0 saturated carbocycles. The molecule has 0 N–H and O–H groups in total. The van der Waals surface area contributed by atoms with E-state index >= 15 is 0 Å². The Bertz CT molecular complexity index is 655. The monoisotopic (exact) mass is 413 g/mol. The molecule has 110 valence electrons. The lowest BCUT2D eigenvalue weighted by atomic mass is 10.1. The molecule has 0 aliphatic rings. The van der Waals surface area contributed by atoms with Crippen molar-refractivity contribution in [1.82, 2.24) is 4.90 Å². The van der Waals surface area contributed by atoms with Crippen LogP contribution in [0.2, 0.25) is 0 Å². The van der Waals surface area contributed by atoms with Crippen molar-refractivity contribution < 1.29 is 9.18 Å². The summed E-state index contributed by atoms with van der Waals surface area (Å²) in [6.45, 7) is 1.81. The van der Waals surface area contributed by atoms with E-state index in [9.17, 15) is 9.18 Å². The molecule has 0 aliphatic carbocycles. The van der Waals surface area contributed by atoms with Crippen LogP contribution < -0.4 is 0 Å². The zero-order valence-corrected chi connectivity index (χ0v) is 14.8. The first-order valence-electron chi connectivity index (χ1n) is 6.38. The van der Waals surface area contributed by atoms with Gasteiger partial charge < -0.3 is 4.90 Å². The average Bonchev–Trinajstić information content (AvgIpc) is 2.44. The lowest BCUT2D eigenvalue weighted by Crippen LogP contribution is -2.30. The van der Waals surface area contributed by atoms with E-state index < -0.39 is 0 Å². The highest BCUT2D eigenvalue weighted by Gasteiger charge is 2.21. The number of carbonyl (C=O) groups is 1. The van der Waals surface area contributed by atoms with Crippen molar-refractivity contribution in [1.29, 1.82) is 0 Å². The molecule has 1 amide bonds. The highest BCUT2D eigenvalue weighted by atomic mass is 79.9. The number of amides is 1. The van der Waals surface area contributed by atoms with Crippen LogP contribution in [0, 0.1) is 5.82 Å². The molecule has 0 heterocycles. The molecule has 0 fully saturated rings. The van der Waals surface area contributed by atoms with Crippen molar-refractivity contribution in [2.45, 2.75) is 13.0 Å². The fourth-order valence-electron chi connectivity index (χ4n) is 2.08. The molecule has 21 heavy (non-hydrogen) atoms. The van der Waals surface area contributed by atoms with E-state index in [0.29, 0.717) is 11.1 Å². The Morgan fingerprint density at radius 3 is 2.29 bits per heavy atom. The minimum absolute atomic E-state index is 0.159. The highest BCUT2D eigenvalue weighted by molar-refractivity contribution is 9.11. The third-order valence-corrected chi connectivity index (χ3v) is 4.28. The van der Waals surface area contributed by atoms with Crippen molar-refractivity contribution in [3.63, 3.8) is 0 Å². The second kappa shape index (κ2) is 6.71. The Kier molecular flexibility index (Phi) is 5.17. The molecule has 2 nitrogen and oxygen atoms in total. The molecular weight excluding hydrogens is 401 g/mol. The lowest BCUT2D eigenvalue weighted by molar-refractivity contribution is 0.0740. The number of rotatable bonds is 3. The smallest absolute Gasteiger partial charge is 0.254 e. The van der Waals surface area contributed by atoms with Gasteiger partial charge in [0.15, 0.2) is 0 Å². The van der Waals surface area contributed by atoms with Gasteiger partial charge in [-0.25, -0.2) is 4.39 Å². The summed E-state index contributed by atoms with van der Waals surface area (Å²) >= 11 is 6.73. The summed E-state index contributed by atoms with van der Waals surface area (Å²) in [5, 5.41) is 0. The second-order valence-electron chi connectivity index (χ2n) is 4.77. The van der Waals surface area contributed by atoms with Gasteiger partial charge in [0, 0.05) is 27.1 Å². The molecule has 0 bridgehead atoms. The van der Waals surface area contributed by atoms with Crippen molar-refractivity contribution >= 4 is 37.8 Å². The maximum absolute atomic E-state index is 13.8. The molecule has 1 atom stereocenters. The number of hydrogen-bond acceptors (Lipinski definition) is 1. The van der Waals surface area contributed by atoms with Gasteiger partial charge in [0.05, 0.1) is 6.04 Å². The normalized spacial score (nSPS) is 12.0. The van der Waals surface area contributed by atoms with Gasteiger partial charge in [-0.2, -0.15) is 0 Å². The van der Waals surface area contributed by atoms with Crippen molar-refractivity contribution in [3.05, 3.63) is 68.4 Å². The quantitative estimate of drug-likeness (QED) is 0.677. The summed E-state index contributed by atoms with van der Waals surface area (Å²) in [6, 6.07) is 11.5. The summed E-state index contributed by atoms with van der Waals surface area (Å²) in [5.74, 6) is -0.465. The van der Waals surface area contributed by atoms with E-state index in [-0.39, 0.29) is 17.8 Å². The zero-order valence-electron chi connectivity index (χ0n) is 11.6. The van der Waals surface area contributed by atoms with Crippen molar-refractivity contribution in [2.75, 3.05) is 7.05 Å². The molecule has 2 aromatic carbocycles. The van der Waals surface area contributed by atoms with Crippen molar-refractivity contribution in [2.24, 2.45) is 0 Å². The summed E-state index contributed by atoms with van der Waals surface area (Å²) in [4.78, 5) is 14.1. The van der Waals surface area contributed by atoms with Crippen LogP contribution in [-0.4, -0.2) is 17.9 Å². The van der Waals surface area contributed by atoms with Gasteiger partial charge >= 0.3 is 0 Å². The molecule has 0 aliphatic heterocycles. The van der Waals surface area contributed by atoms with Crippen molar-refractivity contribution in [3.8, 4) is 0 Å². The average molecular weight is 415 g/mol. The second-order valence-corrected chi connectivity index (χ2v) is 6.60. The van der Waals surface area contributed by atoms with Gasteiger partial charge in [-0.3, -0.25) is 4.79 Å².